The first-order valence-corrected chi connectivity index (χ1v) is 5.69. The molecule has 3 heteroatoms. The molecule has 3 nitrogen and oxygen atoms in total. The Kier molecular flexibility index (Phi) is 5.10. The predicted octanol–water partition coefficient (Wildman–Crippen LogP) is 0.363. The highest BCUT2D eigenvalue weighted by Gasteiger charge is 2.25. The van der Waals surface area contributed by atoms with Gasteiger partial charge in [0.25, 0.3) is 0 Å². The van der Waals surface area contributed by atoms with Crippen LogP contribution in [0.5, 0.6) is 0 Å². The molecule has 1 fully saturated rings. The Morgan fingerprint density at radius 3 is 2.80 bits per heavy atom. The summed E-state index contributed by atoms with van der Waals surface area (Å²) in [5.74, 6) is 6.00. The second-order valence-corrected chi connectivity index (χ2v) is 4.46. The fourth-order valence-corrected chi connectivity index (χ4v) is 2.12. The quantitative estimate of drug-likeness (QED) is 0.667. The second kappa shape index (κ2) is 6.12. The molecule has 1 rings (SSSR count). The van der Waals surface area contributed by atoms with Gasteiger partial charge in [0, 0.05) is 25.0 Å². The van der Waals surface area contributed by atoms with Gasteiger partial charge in [0.15, 0.2) is 0 Å². The summed E-state index contributed by atoms with van der Waals surface area (Å²) in [6, 6.07) is 0.612. The average Bonchev–Trinajstić information content (AvgIpc) is 2.37. The Bertz CT molecular complexity index is 241. The molecule has 0 saturated carbocycles. The van der Waals surface area contributed by atoms with E-state index < -0.39 is 0 Å². The highest BCUT2D eigenvalue weighted by atomic mass is 15.2. The Labute approximate surface area is 93.6 Å². The number of hydrogen-bond acceptors (Lipinski definition) is 3. The van der Waals surface area contributed by atoms with E-state index in [-0.39, 0.29) is 6.04 Å². The van der Waals surface area contributed by atoms with Crippen LogP contribution in [0.3, 0.4) is 0 Å². The molecule has 0 aromatic heterocycles. The van der Waals surface area contributed by atoms with E-state index in [4.69, 9.17) is 5.73 Å². The summed E-state index contributed by atoms with van der Waals surface area (Å²) in [6.07, 6.45) is 2.04. The third-order valence-corrected chi connectivity index (χ3v) is 3.12. The maximum absolute atomic E-state index is 6.19. The highest BCUT2D eigenvalue weighted by molar-refractivity contribution is 5.00. The first kappa shape index (κ1) is 12.5. The van der Waals surface area contributed by atoms with Crippen LogP contribution in [-0.2, 0) is 0 Å². The summed E-state index contributed by atoms with van der Waals surface area (Å²) < 4.78 is 0. The predicted molar refractivity (Wildman–Crippen MR) is 64.6 cm³/mol. The van der Waals surface area contributed by atoms with Crippen LogP contribution in [0.1, 0.15) is 19.8 Å². The maximum Gasteiger partial charge on any atom is 0.0380 e. The standard InChI is InChI=1S/C12H23N3/c1-4-5-7-11(13)12-10-14(2)8-6-9-15(12)3/h11-12H,6-10,13H2,1-3H3. The summed E-state index contributed by atoms with van der Waals surface area (Å²) >= 11 is 0. The maximum atomic E-state index is 6.19. The topological polar surface area (TPSA) is 32.5 Å². The third kappa shape index (κ3) is 3.83. The summed E-state index contributed by atoms with van der Waals surface area (Å²) in [6.45, 7) is 5.24. The van der Waals surface area contributed by atoms with Crippen LogP contribution in [0.2, 0.25) is 0 Å². The minimum absolute atomic E-state index is 0.169. The molecule has 0 amide bonds. The zero-order valence-corrected chi connectivity index (χ0v) is 10.2. The lowest BCUT2D eigenvalue weighted by Gasteiger charge is -2.31. The van der Waals surface area contributed by atoms with Crippen LogP contribution in [-0.4, -0.2) is 55.6 Å². The van der Waals surface area contributed by atoms with Crippen LogP contribution >= 0.6 is 0 Å². The second-order valence-electron chi connectivity index (χ2n) is 4.46. The number of hydrogen-bond donors (Lipinski definition) is 1. The number of nitrogens with zero attached hydrogens (tertiary/aromatic N) is 2. The van der Waals surface area contributed by atoms with Gasteiger partial charge in [-0.05, 0) is 40.5 Å². The molecule has 0 radical (unpaired) electrons. The molecule has 1 heterocycles. The number of rotatable bonds is 2. The molecule has 0 aromatic carbocycles. The lowest BCUT2D eigenvalue weighted by molar-refractivity contribution is 0.197. The molecule has 0 aliphatic carbocycles. The van der Waals surface area contributed by atoms with Crippen molar-refractivity contribution >= 4 is 0 Å². The van der Waals surface area contributed by atoms with E-state index in [1.807, 2.05) is 6.92 Å². The smallest absolute Gasteiger partial charge is 0.0380 e. The van der Waals surface area contributed by atoms with Gasteiger partial charge < -0.3 is 15.5 Å². The van der Waals surface area contributed by atoms with Crippen molar-refractivity contribution in [2.24, 2.45) is 5.73 Å². The largest absolute Gasteiger partial charge is 0.325 e. The van der Waals surface area contributed by atoms with Crippen molar-refractivity contribution in [3.63, 3.8) is 0 Å². The van der Waals surface area contributed by atoms with Gasteiger partial charge >= 0.3 is 0 Å². The summed E-state index contributed by atoms with van der Waals surface area (Å²) in [5, 5.41) is 0. The Morgan fingerprint density at radius 2 is 2.13 bits per heavy atom. The molecule has 15 heavy (non-hydrogen) atoms. The van der Waals surface area contributed by atoms with E-state index in [0.717, 1.165) is 19.5 Å². The van der Waals surface area contributed by atoms with Crippen LogP contribution in [0, 0.1) is 11.8 Å². The van der Waals surface area contributed by atoms with Crippen molar-refractivity contribution < 1.29 is 0 Å². The number of nitrogens with two attached hydrogens (primary N) is 1. The molecular formula is C12H23N3. The average molecular weight is 209 g/mol. The molecule has 1 aliphatic heterocycles. The van der Waals surface area contributed by atoms with Gasteiger partial charge in [-0.1, -0.05) is 0 Å². The van der Waals surface area contributed by atoms with Crippen molar-refractivity contribution in [1.29, 1.82) is 0 Å². The van der Waals surface area contributed by atoms with Gasteiger partial charge in [0.1, 0.15) is 0 Å². The summed E-state index contributed by atoms with van der Waals surface area (Å²) in [7, 11) is 4.34. The van der Waals surface area contributed by atoms with Gasteiger partial charge in [-0.25, -0.2) is 0 Å². The van der Waals surface area contributed by atoms with E-state index in [2.05, 4.69) is 35.7 Å². The highest BCUT2D eigenvalue weighted by Crippen LogP contribution is 2.10. The van der Waals surface area contributed by atoms with Crippen molar-refractivity contribution in [1.82, 2.24) is 9.80 Å². The van der Waals surface area contributed by atoms with E-state index in [0.29, 0.717) is 6.04 Å². The monoisotopic (exact) mass is 209 g/mol. The molecule has 2 atom stereocenters. The molecule has 0 aromatic rings. The van der Waals surface area contributed by atoms with Crippen LogP contribution in [0.25, 0.3) is 0 Å². The fraction of sp³-hybridized carbons (Fsp3) is 0.833. The van der Waals surface area contributed by atoms with E-state index in [9.17, 15) is 0 Å². The van der Waals surface area contributed by atoms with Gasteiger partial charge in [0.05, 0.1) is 0 Å². The fourth-order valence-electron chi connectivity index (χ4n) is 2.12. The summed E-state index contributed by atoms with van der Waals surface area (Å²) in [5.41, 5.74) is 6.19. The third-order valence-electron chi connectivity index (χ3n) is 3.12. The molecule has 1 saturated heterocycles. The molecule has 2 unspecified atom stereocenters. The number of likely N-dealkylation sites (N-methyl/N-ethyl adjacent to an activating group) is 2. The minimum Gasteiger partial charge on any atom is -0.325 e. The lowest BCUT2D eigenvalue weighted by atomic mass is 10.0. The SMILES string of the molecule is CC#CCC(N)C1CN(C)CCCN1C. The van der Waals surface area contributed by atoms with Gasteiger partial charge in [-0.15, -0.1) is 11.8 Å². The first-order chi connectivity index (χ1) is 7.15. The van der Waals surface area contributed by atoms with E-state index in [1.165, 1.54) is 13.0 Å². The molecular weight excluding hydrogens is 186 g/mol. The van der Waals surface area contributed by atoms with E-state index in [1.54, 1.807) is 0 Å². The Balaban J connectivity index is 2.57. The summed E-state index contributed by atoms with van der Waals surface area (Å²) in [4.78, 5) is 4.75. The molecule has 2 N–H and O–H groups in total. The molecule has 0 bridgehead atoms. The zero-order chi connectivity index (χ0) is 11.3. The van der Waals surface area contributed by atoms with Crippen molar-refractivity contribution in [3.8, 4) is 11.8 Å². The van der Waals surface area contributed by atoms with Gasteiger partial charge in [-0.3, -0.25) is 0 Å². The lowest BCUT2D eigenvalue weighted by Crippen LogP contribution is -2.49. The van der Waals surface area contributed by atoms with E-state index >= 15 is 0 Å². The van der Waals surface area contributed by atoms with Crippen molar-refractivity contribution in [2.45, 2.75) is 31.8 Å². The molecule has 0 spiro atoms. The van der Waals surface area contributed by atoms with Crippen molar-refractivity contribution in [2.75, 3.05) is 33.7 Å². The molecule has 86 valence electrons. The minimum atomic E-state index is 0.169. The normalized spacial score (nSPS) is 26.5. The van der Waals surface area contributed by atoms with Crippen LogP contribution in [0.4, 0.5) is 0 Å². The van der Waals surface area contributed by atoms with Gasteiger partial charge in [0.2, 0.25) is 0 Å². The van der Waals surface area contributed by atoms with Gasteiger partial charge in [-0.2, -0.15) is 0 Å². The first-order valence-electron chi connectivity index (χ1n) is 5.69. The van der Waals surface area contributed by atoms with Crippen LogP contribution < -0.4 is 5.73 Å². The Morgan fingerprint density at radius 1 is 1.40 bits per heavy atom. The molecule has 1 aliphatic rings. The zero-order valence-electron chi connectivity index (χ0n) is 10.2. The van der Waals surface area contributed by atoms with Crippen LogP contribution in [0.15, 0.2) is 0 Å². The Hall–Kier alpha value is -0.560. The van der Waals surface area contributed by atoms with Crippen molar-refractivity contribution in [3.05, 3.63) is 0 Å².